The Kier molecular flexibility index (Phi) is 6.18. The molecule has 0 amide bonds. The number of nitrogens with zero attached hydrogens (tertiary/aromatic N) is 1. The predicted octanol–water partition coefficient (Wildman–Crippen LogP) is 3.08. The van der Waals surface area contributed by atoms with Crippen LogP contribution in [-0.2, 0) is 4.79 Å². The lowest BCUT2D eigenvalue weighted by Crippen LogP contribution is -2.45. The monoisotopic (exact) mass is 336 g/mol. The zero-order valence-corrected chi connectivity index (χ0v) is 14.3. The number of piperazine rings is 1. The molecule has 0 bridgehead atoms. The number of benzene rings is 1. The van der Waals surface area contributed by atoms with Gasteiger partial charge in [-0.1, -0.05) is 25.1 Å². The first-order valence-electron chi connectivity index (χ1n) is 7.44. The molecule has 3 rings (SSSR count). The highest BCUT2D eigenvalue weighted by molar-refractivity contribution is 7.17. The zero-order valence-electron chi connectivity index (χ0n) is 12.7. The van der Waals surface area contributed by atoms with Gasteiger partial charge in [0.15, 0.2) is 0 Å². The summed E-state index contributed by atoms with van der Waals surface area (Å²) in [5, 5.41) is 6.63. The SMILES string of the molecule is CC(CN1CCNCC1)C(=C=O)c1csc2ccccc12.Cl. The second-order valence-electron chi connectivity index (χ2n) is 5.61. The molecular formula is C17H21ClN2OS. The molecule has 0 aliphatic carbocycles. The smallest absolute Gasteiger partial charge is 0.128 e. The Morgan fingerprint density at radius 2 is 2.09 bits per heavy atom. The van der Waals surface area contributed by atoms with Gasteiger partial charge in [0.2, 0.25) is 0 Å². The van der Waals surface area contributed by atoms with E-state index < -0.39 is 0 Å². The molecule has 2 aromatic rings. The third-order valence-corrected chi connectivity index (χ3v) is 5.08. The molecule has 0 spiro atoms. The van der Waals surface area contributed by atoms with Crippen LogP contribution in [0.5, 0.6) is 0 Å². The van der Waals surface area contributed by atoms with Crippen molar-refractivity contribution in [3.05, 3.63) is 35.2 Å². The number of nitrogens with one attached hydrogen (secondary N) is 1. The Labute approximate surface area is 141 Å². The normalized spacial score (nSPS) is 16.8. The average Bonchev–Trinajstić information content (AvgIpc) is 2.93. The molecule has 0 saturated carbocycles. The summed E-state index contributed by atoms with van der Waals surface area (Å²) in [6.07, 6.45) is 0. The number of carbonyl (C=O) groups excluding carboxylic acids is 1. The van der Waals surface area contributed by atoms with Crippen LogP contribution in [-0.4, -0.2) is 43.6 Å². The van der Waals surface area contributed by atoms with Crippen LogP contribution in [0.15, 0.2) is 29.6 Å². The summed E-state index contributed by atoms with van der Waals surface area (Å²) in [5.74, 6) is 2.42. The Bertz CT molecular complexity index is 672. The van der Waals surface area contributed by atoms with E-state index in [0.717, 1.165) is 43.9 Å². The number of fused-ring (bicyclic) bond motifs is 1. The van der Waals surface area contributed by atoms with Gasteiger partial charge in [-0.15, -0.1) is 23.7 Å². The maximum Gasteiger partial charge on any atom is 0.128 e. The van der Waals surface area contributed by atoms with Crippen molar-refractivity contribution in [1.82, 2.24) is 10.2 Å². The Balaban J connectivity index is 0.00000176. The summed E-state index contributed by atoms with van der Waals surface area (Å²) in [6.45, 7) is 7.25. The summed E-state index contributed by atoms with van der Waals surface area (Å²) in [4.78, 5) is 14.0. The highest BCUT2D eigenvalue weighted by atomic mass is 35.5. The van der Waals surface area contributed by atoms with Gasteiger partial charge in [0.1, 0.15) is 5.94 Å². The fourth-order valence-corrected chi connectivity index (χ4v) is 3.94. The lowest BCUT2D eigenvalue weighted by Gasteiger charge is -2.29. The van der Waals surface area contributed by atoms with Gasteiger partial charge in [0, 0.05) is 65.2 Å². The lowest BCUT2D eigenvalue weighted by molar-refractivity contribution is 0.227. The lowest BCUT2D eigenvalue weighted by atomic mass is 9.94. The molecule has 1 aromatic heterocycles. The maximum atomic E-state index is 11.5. The Morgan fingerprint density at radius 3 is 2.82 bits per heavy atom. The van der Waals surface area contributed by atoms with Crippen molar-refractivity contribution in [2.45, 2.75) is 6.92 Å². The summed E-state index contributed by atoms with van der Waals surface area (Å²) in [6, 6.07) is 8.27. The summed E-state index contributed by atoms with van der Waals surface area (Å²) in [5.41, 5.74) is 1.87. The van der Waals surface area contributed by atoms with Gasteiger partial charge in [-0.3, -0.25) is 0 Å². The Hall–Kier alpha value is -1.16. The molecule has 1 N–H and O–H groups in total. The molecule has 2 heterocycles. The second-order valence-corrected chi connectivity index (χ2v) is 6.52. The largest absolute Gasteiger partial charge is 0.314 e. The zero-order chi connectivity index (χ0) is 14.7. The van der Waals surface area contributed by atoms with Gasteiger partial charge in [-0.05, 0) is 6.07 Å². The minimum absolute atomic E-state index is 0. The summed E-state index contributed by atoms with van der Waals surface area (Å²) in [7, 11) is 0. The van der Waals surface area contributed by atoms with Crippen LogP contribution in [0.4, 0.5) is 0 Å². The van der Waals surface area contributed by atoms with Crippen molar-refractivity contribution in [2.75, 3.05) is 32.7 Å². The van der Waals surface area contributed by atoms with E-state index in [-0.39, 0.29) is 18.3 Å². The first kappa shape index (κ1) is 17.2. The van der Waals surface area contributed by atoms with E-state index in [2.05, 4.69) is 40.6 Å². The summed E-state index contributed by atoms with van der Waals surface area (Å²) < 4.78 is 1.23. The molecule has 118 valence electrons. The van der Waals surface area contributed by atoms with Crippen LogP contribution in [0.3, 0.4) is 0 Å². The van der Waals surface area contributed by atoms with E-state index >= 15 is 0 Å². The minimum atomic E-state index is 0. The number of halogens is 1. The maximum absolute atomic E-state index is 11.5. The van der Waals surface area contributed by atoms with Crippen LogP contribution >= 0.6 is 23.7 Å². The van der Waals surface area contributed by atoms with Crippen LogP contribution in [0.1, 0.15) is 12.5 Å². The van der Waals surface area contributed by atoms with Crippen LogP contribution < -0.4 is 5.32 Å². The van der Waals surface area contributed by atoms with Gasteiger partial charge in [-0.25, -0.2) is 4.79 Å². The standard InChI is InChI=1S/C17H20N2OS.ClH/c1-13(10-19-8-6-18-7-9-19)15(11-20)16-12-21-17-5-3-2-4-14(16)17;/h2-5,12-13,18H,6-10H2,1H3;1H. The summed E-state index contributed by atoms with van der Waals surface area (Å²) >= 11 is 1.70. The average molecular weight is 337 g/mol. The van der Waals surface area contributed by atoms with Gasteiger partial charge >= 0.3 is 0 Å². The van der Waals surface area contributed by atoms with Gasteiger partial charge < -0.3 is 10.2 Å². The van der Waals surface area contributed by atoms with Crippen molar-refractivity contribution >= 4 is 45.3 Å². The fourth-order valence-electron chi connectivity index (χ4n) is 2.98. The van der Waals surface area contributed by atoms with E-state index in [9.17, 15) is 4.79 Å². The molecule has 0 radical (unpaired) electrons. The van der Waals surface area contributed by atoms with Crippen molar-refractivity contribution in [1.29, 1.82) is 0 Å². The molecule has 22 heavy (non-hydrogen) atoms. The fraction of sp³-hybridized carbons (Fsp3) is 0.412. The molecule has 1 atom stereocenters. The van der Waals surface area contributed by atoms with Crippen LogP contribution in [0, 0.1) is 5.92 Å². The van der Waals surface area contributed by atoms with E-state index in [1.54, 1.807) is 11.3 Å². The van der Waals surface area contributed by atoms with E-state index in [0.29, 0.717) is 0 Å². The number of hydrogen-bond acceptors (Lipinski definition) is 4. The highest BCUT2D eigenvalue weighted by Crippen LogP contribution is 2.33. The number of hydrogen-bond donors (Lipinski definition) is 1. The molecule has 1 aliphatic heterocycles. The topological polar surface area (TPSA) is 32.3 Å². The molecule has 5 heteroatoms. The van der Waals surface area contributed by atoms with Crippen molar-refractivity contribution < 1.29 is 4.79 Å². The van der Waals surface area contributed by atoms with Gasteiger partial charge in [-0.2, -0.15) is 0 Å². The molecule has 1 saturated heterocycles. The molecule has 1 aliphatic rings. The van der Waals surface area contributed by atoms with E-state index in [4.69, 9.17) is 0 Å². The molecule has 1 unspecified atom stereocenters. The Morgan fingerprint density at radius 1 is 1.36 bits per heavy atom. The van der Waals surface area contributed by atoms with Gasteiger partial charge in [0.05, 0.1) is 0 Å². The number of thiophene rings is 1. The van der Waals surface area contributed by atoms with E-state index in [1.165, 1.54) is 10.1 Å². The predicted molar refractivity (Wildman–Crippen MR) is 96.6 cm³/mol. The minimum Gasteiger partial charge on any atom is -0.314 e. The van der Waals surface area contributed by atoms with Crippen LogP contribution in [0.25, 0.3) is 15.7 Å². The number of rotatable bonds is 4. The molecule has 1 fully saturated rings. The quantitative estimate of drug-likeness (QED) is 0.871. The first-order valence-corrected chi connectivity index (χ1v) is 8.32. The molecule has 1 aromatic carbocycles. The first-order chi connectivity index (χ1) is 10.3. The van der Waals surface area contributed by atoms with Crippen LogP contribution in [0.2, 0.25) is 0 Å². The van der Waals surface area contributed by atoms with Gasteiger partial charge in [0.25, 0.3) is 0 Å². The third-order valence-electron chi connectivity index (χ3n) is 4.12. The molecular weight excluding hydrogens is 316 g/mol. The third kappa shape index (κ3) is 3.60. The highest BCUT2D eigenvalue weighted by Gasteiger charge is 2.20. The van der Waals surface area contributed by atoms with Crippen molar-refractivity contribution in [3.63, 3.8) is 0 Å². The van der Waals surface area contributed by atoms with Crippen molar-refractivity contribution in [3.8, 4) is 0 Å². The molecule has 3 nitrogen and oxygen atoms in total. The second kappa shape index (κ2) is 7.91. The van der Waals surface area contributed by atoms with E-state index in [1.807, 2.05) is 12.1 Å². The van der Waals surface area contributed by atoms with Crippen molar-refractivity contribution in [2.24, 2.45) is 5.92 Å².